The van der Waals surface area contributed by atoms with E-state index in [9.17, 15) is 0 Å². The van der Waals surface area contributed by atoms with Crippen LogP contribution >= 0.6 is 34.8 Å². The summed E-state index contributed by atoms with van der Waals surface area (Å²) in [5.41, 5.74) is 3.07. The monoisotopic (exact) mass is 325 g/mol. The summed E-state index contributed by atoms with van der Waals surface area (Å²) in [6.45, 7) is 0.818. The molecule has 0 radical (unpaired) electrons. The highest BCUT2D eigenvalue weighted by molar-refractivity contribution is 6.36. The molecule has 1 saturated carbocycles. The molecule has 1 N–H and O–H groups in total. The first-order valence-electron chi connectivity index (χ1n) is 6.61. The standard InChI is InChI=1S/C16H14Cl3N/c17-12-3-6-14(16(19)8-12)10-1-2-11(15(18)7-10)9-20-13-4-5-13/h1-3,6-8,13,20H,4-5,9H2. The van der Waals surface area contributed by atoms with Crippen LogP contribution in [-0.2, 0) is 6.54 Å². The zero-order valence-electron chi connectivity index (χ0n) is 10.8. The van der Waals surface area contributed by atoms with Gasteiger partial charge < -0.3 is 5.32 Å². The second-order valence-corrected chi connectivity index (χ2v) is 6.34. The average Bonchev–Trinajstić information content (AvgIpc) is 3.21. The molecule has 0 amide bonds. The van der Waals surface area contributed by atoms with Crippen LogP contribution in [0.5, 0.6) is 0 Å². The maximum atomic E-state index is 6.36. The summed E-state index contributed by atoms with van der Waals surface area (Å²) < 4.78 is 0. The summed E-state index contributed by atoms with van der Waals surface area (Å²) in [5.74, 6) is 0. The molecule has 3 rings (SSSR count). The molecule has 1 fully saturated rings. The third-order valence-electron chi connectivity index (χ3n) is 3.45. The first-order valence-corrected chi connectivity index (χ1v) is 7.74. The van der Waals surface area contributed by atoms with E-state index >= 15 is 0 Å². The molecule has 0 unspecified atom stereocenters. The first-order chi connectivity index (χ1) is 9.63. The maximum Gasteiger partial charge on any atom is 0.0499 e. The van der Waals surface area contributed by atoms with Crippen LogP contribution in [0.4, 0.5) is 0 Å². The molecule has 1 nitrogen and oxygen atoms in total. The number of rotatable bonds is 4. The number of benzene rings is 2. The predicted molar refractivity (Wildman–Crippen MR) is 86.8 cm³/mol. The van der Waals surface area contributed by atoms with Crippen LogP contribution in [0.25, 0.3) is 11.1 Å². The van der Waals surface area contributed by atoms with E-state index in [1.54, 1.807) is 6.07 Å². The molecule has 104 valence electrons. The lowest BCUT2D eigenvalue weighted by molar-refractivity contribution is 0.688. The van der Waals surface area contributed by atoms with Gasteiger partial charge in [0, 0.05) is 33.2 Å². The highest BCUT2D eigenvalue weighted by atomic mass is 35.5. The Hall–Kier alpha value is -0.730. The zero-order chi connectivity index (χ0) is 14.1. The second-order valence-electron chi connectivity index (χ2n) is 5.09. The largest absolute Gasteiger partial charge is 0.310 e. The molecule has 0 aliphatic heterocycles. The highest BCUT2D eigenvalue weighted by Crippen LogP contribution is 2.33. The van der Waals surface area contributed by atoms with Gasteiger partial charge in [-0.1, -0.05) is 53.0 Å². The van der Waals surface area contributed by atoms with E-state index < -0.39 is 0 Å². The topological polar surface area (TPSA) is 12.0 Å². The highest BCUT2D eigenvalue weighted by Gasteiger charge is 2.20. The average molecular weight is 327 g/mol. The Labute approximate surface area is 133 Å². The molecule has 0 bridgehead atoms. The Kier molecular flexibility index (Phi) is 4.23. The summed E-state index contributed by atoms with van der Waals surface area (Å²) in [6, 6.07) is 12.2. The lowest BCUT2D eigenvalue weighted by Crippen LogP contribution is -2.15. The van der Waals surface area contributed by atoms with Gasteiger partial charge in [-0.3, -0.25) is 0 Å². The third-order valence-corrected chi connectivity index (χ3v) is 4.35. The molecule has 0 saturated heterocycles. The van der Waals surface area contributed by atoms with Gasteiger partial charge in [-0.25, -0.2) is 0 Å². The van der Waals surface area contributed by atoms with Crippen molar-refractivity contribution in [3.63, 3.8) is 0 Å². The van der Waals surface area contributed by atoms with Crippen molar-refractivity contribution >= 4 is 34.8 Å². The summed E-state index contributed by atoms with van der Waals surface area (Å²) in [7, 11) is 0. The minimum atomic E-state index is 0.634. The van der Waals surface area contributed by atoms with Crippen molar-refractivity contribution < 1.29 is 0 Å². The van der Waals surface area contributed by atoms with E-state index in [1.165, 1.54) is 12.8 Å². The number of nitrogens with one attached hydrogen (secondary N) is 1. The zero-order valence-corrected chi connectivity index (χ0v) is 13.1. The molecule has 1 aliphatic carbocycles. The lowest BCUT2D eigenvalue weighted by Gasteiger charge is -2.10. The van der Waals surface area contributed by atoms with Crippen LogP contribution in [0, 0.1) is 0 Å². The SMILES string of the molecule is Clc1ccc(-c2ccc(CNC3CC3)c(Cl)c2)c(Cl)c1. The van der Waals surface area contributed by atoms with Gasteiger partial charge in [0.2, 0.25) is 0 Å². The quantitative estimate of drug-likeness (QED) is 0.775. The van der Waals surface area contributed by atoms with Gasteiger partial charge in [0.1, 0.15) is 0 Å². The van der Waals surface area contributed by atoms with E-state index in [-0.39, 0.29) is 0 Å². The third kappa shape index (κ3) is 3.29. The fourth-order valence-corrected chi connectivity index (χ4v) is 2.89. The Morgan fingerprint density at radius 2 is 1.75 bits per heavy atom. The molecule has 0 aromatic heterocycles. The minimum Gasteiger partial charge on any atom is -0.310 e. The smallest absolute Gasteiger partial charge is 0.0499 e. The minimum absolute atomic E-state index is 0.634. The summed E-state index contributed by atoms with van der Waals surface area (Å²) in [6.07, 6.45) is 2.55. The molecule has 0 atom stereocenters. The summed E-state index contributed by atoms with van der Waals surface area (Å²) >= 11 is 18.5. The van der Waals surface area contributed by atoms with Crippen LogP contribution in [0.15, 0.2) is 36.4 Å². The molecule has 2 aromatic carbocycles. The van der Waals surface area contributed by atoms with Crippen molar-refractivity contribution in [3.05, 3.63) is 57.0 Å². The molecule has 0 spiro atoms. The predicted octanol–water partition coefficient (Wildman–Crippen LogP) is 5.57. The number of halogens is 3. The van der Waals surface area contributed by atoms with Gasteiger partial charge in [-0.15, -0.1) is 0 Å². The molecule has 4 heteroatoms. The molecular formula is C16H14Cl3N. The van der Waals surface area contributed by atoms with Crippen molar-refractivity contribution in [2.45, 2.75) is 25.4 Å². The van der Waals surface area contributed by atoms with E-state index in [0.717, 1.165) is 28.3 Å². The van der Waals surface area contributed by atoms with Crippen LogP contribution in [0.1, 0.15) is 18.4 Å². The lowest BCUT2D eigenvalue weighted by atomic mass is 10.0. The van der Waals surface area contributed by atoms with Crippen LogP contribution in [0.2, 0.25) is 15.1 Å². The van der Waals surface area contributed by atoms with Crippen molar-refractivity contribution in [2.75, 3.05) is 0 Å². The van der Waals surface area contributed by atoms with E-state index in [2.05, 4.69) is 11.4 Å². The Morgan fingerprint density at radius 3 is 2.40 bits per heavy atom. The normalized spacial score (nSPS) is 14.6. The summed E-state index contributed by atoms with van der Waals surface area (Å²) in [4.78, 5) is 0. The van der Waals surface area contributed by atoms with Gasteiger partial charge in [-0.05, 0) is 42.2 Å². The molecule has 1 aliphatic rings. The second kappa shape index (κ2) is 5.95. The van der Waals surface area contributed by atoms with Gasteiger partial charge >= 0.3 is 0 Å². The Morgan fingerprint density at radius 1 is 0.950 bits per heavy atom. The van der Waals surface area contributed by atoms with Gasteiger partial charge in [-0.2, -0.15) is 0 Å². The molecule has 0 heterocycles. The van der Waals surface area contributed by atoms with Crippen molar-refractivity contribution in [3.8, 4) is 11.1 Å². The Bertz CT molecular complexity index is 636. The van der Waals surface area contributed by atoms with Gasteiger partial charge in [0.05, 0.1) is 0 Å². The van der Waals surface area contributed by atoms with E-state index in [0.29, 0.717) is 16.1 Å². The Balaban J connectivity index is 1.84. The molecule has 2 aromatic rings. The summed E-state index contributed by atoms with van der Waals surface area (Å²) in [5, 5.41) is 5.50. The van der Waals surface area contributed by atoms with Crippen LogP contribution in [0.3, 0.4) is 0 Å². The van der Waals surface area contributed by atoms with Crippen molar-refractivity contribution in [2.24, 2.45) is 0 Å². The van der Waals surface area contributed by atoms with Crippen LogP contribution in [-0.4, -0.2) is 6.04 Å². The van der Waals surface area contributed by atoms with Gasteiger partial charge in [0.25, 0.3) is 0 Å². The first kappa shape index (κ1) is 14.2. The molecule has 20 heavy (non-hydrogen) atoms. The van der Waals surface area contributed by atoms with Crippen molar-refractivity contribution in [1.82, 2.24) is 5.32 Å². The van der Waals surface area contributed by atoms with Crippen LogP contribution < -0.4 is 5.32 Å². The maximum absolute atomic E-state index is 6.36. The molecular weight excluding hydrogens is 313 g/mol. The van der Waals surface area contributed by atoms with Gasteiger partial charge in [0.15, 0.2) is 0 Å². The van der Waals surface area contributed by atoms with E-state index in [1.807, 2.05) is 24.3 Å². The number of hydrogen-bond donors (Lipinski definition) is 1. The van der Waals surface area contributed by atoms with E-state index in [4.69, 9.17) is 34.8 Å². The fourth-order valence-electron chi connectivity index (χ4n) is 2.12. The number of hydrogen-bond acceptors (Lipinski definition) is 1. The van der Waals surface area contributed by atoms with Crippen molar-refractivity contribution in [1.29, 1.82) is 0 Å². The fraction of sp³-hybridized carbons (Fsp3) is 0.250.